The van der Waals surface area contributed by atoms with Crippen LogP contribution in [0.15, 0.2) is 18.5 Å². The zero-order chi connectivity index (χ0) is 18.9. The van der Waals surface area contributed by atoms with Crippen molar-refractivity contribution in [2.24, 2.45) is 13.0 Å². The molecule has 1 aromatic rings. The lowest BCUT2D eigenvalue weighted by molar-refractivity contribution is 0.400. The van der Waals surface area contributed by atoms with Gasteiger partial charge in [-0.15, -0.1) is 0 Å². The summed E-state index contributed by atoms with van der Waals surface area (Å²) in [7, 11) is 2.14. The molecule has 1 nitrogen and oxygen atoms in total. The van der Waals surface area contributed by atoms with Gasteiger partial charge in [-0.1, -0.05) is 117 Å². The molecule has 1 aromatic heterocycles. The Kier molecular flexibility index (Phi) is 14.8. The molecule has 1 rings (SSSR count). The third-order valence-corrected chi connectivity index (χ3v) is 5.85. The fourth-order valence-electron chi connectivity index (χ4n) is 4.14. The molecular formula is C25H47N. The van der Waals surface area contributed by atoms with E-state index in [9.17, 15) is 0 Å². The van der Waals surface area contributed by atoms with E-state index in [1.807, 2.05) is 0 Å². The molecule has 0 bridgehead atoms. The van der Waals surface area contributed by atoms with E-state index in [0.717, 1.165) is 5.92 Å². The Morgan fingerprint density at radius 2 is 1.15 bits per heavy atom. The van der Waals surface area contributed by atoms with E-state index >= 15 is 0 Å². The van der Waals surface area contributed by atoms with Gasteiger partial charge in [0.2, 0.25) is 0 Å². The molecule has 0 fully saturated rings. The number of rotatable bonds is 18. The molecule has 0 aliphatic rings. The molecule has 0 saturated heterocycles. The van der Waals surface area contributed by atoms with Crippen LogP contribution in [0.1, 0.15) is 122 Å². The fourth-order valence-corrected chi connectivity index (χ4v) is 4.14. The van der Waals surface area contributed by atoms with Crippen molar-refractivity contribution in [3.05, 3.63) is 24.0 Å². The van der Waals surface area contributed by atoms with Crippen LogP contribution >= 0.6 is 0 Å². The van der Waals surface area contributed by atoms with Crippen molar-refractivity contribution < 1.29 is 0 Å². The van der Waals surface area contributed by atoms with Crippen molar-refractivity contribution in [3.8, 4) is 0 Å². The van der Waals surface area contributed by atoms with Crippen LogP contribution in [-0.4, -0.2) is 4.57 Å². The molecule has 0 saturated carbocycles. The molecule has 0 spiro atoms. The third kappa shape index (κ3) is 12.6. The van der Waals surface area contributed by atoms with Gasteiger partial charge in [-0.2, -0.15) is 0 Å². The summed E-state index contributed by atoms with van der Waals surface area (Å²) in [6.45, 7) is 4.61. The number of aromatic nitrogens is 1. The van der Waals surface area contributed by atoms with Crippen LogP contribution in [0, 0.1) is 5.92 Å². The summed E-state index contributed by atoms with van der Waals surface area (Å²) in [5.41, 5.74) is 1.54. The van der Waals surface area contributed by atoms with E-state index in [1.54, 1.807) is 5.56 Å². The number of nitrogens with zero attached hydrogens (tertiary/aromatic N) is 1. The molecule has 1 atom stereocenters. The first kappa shape index (κ1) is 23.3. The van der Waals surface area contributed by atoms with Crippen molar-refractivity contribution >= 4 is 0 Å². The van der Waals surface area contributed by atoms with Crippen LogP contribution in [0.4, 0.5) is 0 Å². The second kappa shape index (κ2) is 16.5. The van der Waals surface area contributed by atoms with Gasteiger partial charge in [0.1, 0.15) is 0 Å². The maximum atomic E-state index is 2.32. The second-order valence-corrected chi connectivity index (χ2v) is 8.58. The summed E-state index contributed by atoms with van der Waals surface area (Å²) in [6, 6.07) is 2.32. The molecular weight excluding hydrogens is 314 g/mol. The van der Waals surface area contributed by atoms with Gasteiger partial charge in [0, 0.05) is 19.4 Å². The van der Waals surface area contributed by atoms with E-state index in [-0.39, 0.29) is 0 Å². The van der Waals surface area contributed by atoms with Crippen molar-refractivity contribution in [3.63, 3.8) is 0 Å². The predicted octanol–water partition coefficient (Wildman–Crippen LogP) is 8.47. The van der Waals surface area contributed by atoms with Gasteiger partial charge in [-0.3, -0.25) is 0 Å². The minimum absolute atomic E-state index is 0.906. The number of hydrogen-bond donors (Lipinski definition) is 0. The van der Waals surface area contributed by atoms with Crippen LogP contribution in [0.25, 0.3) is 0 Å². The Morgan fingerprint density at radius 3 is 1.58 bits per heavy atom. The molecule has 1 unspecified atom stereocenters. The second-order valence-electron chi connectivity index (χ2n) is 8.58. The maximum absolute atomic E-state index is 2.32. The molecule has 0 aromatic carbocycles. The Hall–Kier alpha value is -0.720. The average molecular weight is 362 g/mol. The summed E-state index contributed by atoms with van der Waals surface area (Å²) in [5.74, 6) is 0.906. The van der Waals surface area contributed by atoms with Crippen LogP contribution in [0.5, 0.6) is 0 Å². The van der Waals surface area contributed by atoms with Gasteiger partial charge < -0.3 is 4.57 Å². The number of hydrogen-bond acceptors (Lipinski definition) is 0. The standard InChI is InChI=1S/C25H47N/c1-4-6-8-10-12-13-15-17-19-24(18-16-14-11-9-7-5-2)22-25-20-21-26(3)23-25/h20-21,23-24H,4-19,22H2,1-3H3. The van der Waals surface area contributed by atoms with Crippen LogP contribution in [0.3, 0.4) is 0 Å². The molecule has 1 heteroatoms. The van der Waals surface area contributed by atoms with Crippen molar-refractivity contribution in [1.29, 1.82) is 0 Å². The largest absolute Gasteiger partial charge is 0.357 e. The lowest BCUT2D eigenvalue weighted by atomic mass is 9.89. The normalized spacial score (nSPS) is 12.6. The average Bonchev–Trinajstić information content (AvgIpc) is 3.04. The van der Waals surface area contributed by atoms with Gasteiger partial charge >= 0.3 is 0 Å². The Bertz CT molecular complexity index is 406. The molecule has 0 amide bonds. The highest BCUT2D eigenvalue weighted by molar-refractivity contribution is 5.10. The zero-order valence-corrected chi connectivity index (χ0v) is 18.3. The van der Waals surface area contributed by atoms with Gasteiger partial charge in [-0.25, -0.2) is 0 Å². The summed E-state index contributed by atoms with van der Waals surface area (Å²) < 4.78 is 2.20. The predicted molar refractivity (Wildman–Crippen MR) is 118 cm³/mol. The van der Waals surface area contributed by atoms with Gasteiger partial charge in [0.15, 0.2) is 0 Å². The van der Waals surface area contributed by atoms with E-state index in [1.165, 1.54) is 109 Å². The molecule has 0 aliphatic carbocycles. The third-order valence-electron chi connectivity index (χ3n) is 5.85. The first-order valence-corrected chi connectivity index (χ1v) is 11.9. The first-order valence-electron chi connectivity index (χ1n) is 11.9. The highest BCUT2D eigenvalue weighted by Crippen LogP contribution is 2.23. The SMILES string of the molecule is CCCCCCCCCCC(CCCCCCCC)Cc1ccn(C)c1. The Balaban J connectivity index is 2.19. The monoisotopic (exact) mass is 361 g/mol. The van der Waals surface area contributed by atoms with Gasteiger partial charge in [-0.05, 0) is 24.0 Å². The molecule has 0 N–H and O–H groups in total. The van der Waals surface area contributed by atoms with Gasteiger partial charge in [0.05, 0.1) is 0 Å². The van der Waals surface area contributed by atoms with Crippen molar-refractivity contribution in [2.45, 2.75) is 123 Å². The lowest BCUT2D eigenvalue weighted by Gasteiger charge is -2.16. The first-order chi connectivity index (χ1) is 12.8. The fraction of sp³-hybridized carbons (Fsp3) is 0.840. The van der Waals surface area contributed by atoms with Crippen molar-refractivity contribution in [1.82, 2.24) is 4.57 Å². The van der Waals surface area contributed by atoms with E-state index in [4.69, 9.17) is 0 Å². The smallest absolute Gasteiger partial charge is 0.0106 e. The van der Waals surface area contributed by atoms with Crippen LogP contribution in [0.2, 0.25) is 0 Å². The summed E-state index contributed by atoms with van der Waals surface area (Å²) >= 11 is 0. The summed E-state index contributed by atoms with van der Waals surface area (Å²) in [4.78, 5) is 0. The Morgan fingerprint density at radius 1 is 0.692 bits per heavy atom. The van der Waals surface area contributed by atoms with Crippen LogP contribution in [-0.2, 0) is 13.5 Å². The molecule has 1 heterocycles. The topological polar surface area (TPSA) is 4.93 Å². The highest BCUT2D eigenvalue weighted by Gasteiger charge is 2.10. The van der Waals surface area contributed by atoms with E-state index in [0.29, 0.717) is 0 Å². The maximum Gasteiger partial charge on any atom is 0.0106 e. The minimum Gasteiger partial charge on any atom is -0.357 e. The quantitative estimate of drug-likeness (QED) is 0.231. The van der Waals surface area contributed by atoms with Crippen LogP contribution < -0.4 is 0 Å². The molecule has 0 aliphatic heterocycles. The lowest BCUT2D eigenvalue weighted by Crippen LogP contribution is -2.05. The zero-order valence-electron chi connectivity index (χ0n) is 18.3. The van der Waals surface area contributed by atoms with E-state index < -0.39 is 0 Å². The molecule has 0 radical (unpaired) electrons. The Labute approximate surface area is 165 Å². The van der Waals surface area contributed by atoms with E-state index in [2.05, 4.69) is 43.9 Å². The number of unbranched alkanes of at least 4 members (excludes halogenated alkanes) is 12. The molecule has 152 valence electrons. The molecule has 26 heavy (non-hydrogen) atoms. The minimum atomic E-state index is 0.906. The van der Waals surface area contributed by atoms with Gasteiger partial charge in [0.25, 0.3) is 0 Å². The number of aryl methyl sites for hydroxylation is 1. The summed E-state index contributed by atoms with van der Waals surface area (Å²) in [6.07, 6.45) is 28.8. The van der Waals surface area contributed by atoms with Crippen molar-refractivity contribution in [2.75, 3.05) is 0 Å². The summed E-state index contributed by atoms with van der Waals surface area (Å²) in [5, 5.41) is 0. The highest BCUT2D eigenvalue weighted by atomic mass is 14.9.